The number of nitrogens with zero attached hydrogens (tertiary/aromatic N) is 3. The second-order valence-electron chi connectivity index (χ2n) is 10.3. The summed E-state index contributed by atoms with van der Waals surface area (Å²) in [4.78, 5) is 20.7. The van der Waals surface area contributed by atoms with Crippen LogP contribution in [-0.4, -0.2) is 52.4 Å². The van der Waals surface area contributed by atoms with Gasteiger partial charge in [0.1, 0.15) is 12.0 Å². The molecule has 1 N–H and O–H groups in total. The van der Waals surface area contributed by atoms with E-state index < -0.39 is 6.17 Å². The lowest BCUT2D eigenvalue weighted by atomic mass is 9.97. The van der Waals surface area contributed by atoms with Crippen molar-refractivity contribution in [3.63, 3.8) is 0 Å². The Bertz CT molecular complexity index is 1420. The van der Waals surface area contributed by atoms with Crippen molar-refractivity contribution in [2.24, 2.45) is 0 Å². The molecule has 2 saturated heterocycles. The van der Waals surface area contributed by atoms with E-state index in [1.807, 2.05) is 34.9 Å². The summed E-state index contributed by atoms with van der Waals surface area (Å²) in [6, 6.07) is 11.2. The molecule has 0 bridgehead atoms. The number of fused-ring (bicyclic) bond motifs is 3. The number of ketones is 1. The van der Waals surface area contributed by atoms with Crippen molar-refractivity contribution in [2.45, 2.75) is 57.2 Å². The van der Waals surface area contributed by atoms with Crippen LogP contribution in [-0.2, 0) is 0 Å². The minimum atomic E-state index is -0.648. The fourth-order valence-corrected chi connectivity index (χ4v) is 6.78. The molecule has 0 radical (unpaired) electrons. The Labute approximate surface area is 219 Å². The maximum absolute atomic E-state index is 15.0. The summed E-state index contributed by atoms with van der Waals surface area (Å²) in [6.45, 7) is 3.53. The Morgan fingerprint density at radius 1 is 1.14 bits per heavy atom. The number of alkyl halides is 1. The molecule has 37 heavy (non-hydrogen) atoms. The van der Waals surface area contributed by atoms with E-state index in [9.17, 15) is 13.6 Å². The van der Waals surface area contributed by atoms with Crippen molar-refractivity contribution in [1.82, 2.24) is 19.6 Å². The number of imidazole rings is 1. The van der Waals surface area contributed by atoms with Gasteiger partial charge in [-0.2, -0.15) is 0 Å². The second kappa shape index (κ2) is 10.6. The van der Waals surface area contributed by atoms with E-state index in [1.54, 1.807) is 6.07 Å². The summed E-state index contributed by atoms with van der Waals surface area (Å²) in [5.74, 6) is -0.0998. The van der Waals surface area contributed by atoms with Crippen LogP contribution in [0.4, 0.5) is 8.78 Å². The van der Waals surface area contributed by atoms with Gasteiger partial charge in [0.15, 0.2) is 10.7 Å². The number of piperidine rings is 1. The van der Waals surface area contributed by atoms with Gasteiger partial charge in [0.25, 0.3) is 0 Å². The third-order valence-electron chi connectivity index (χ3n) is 7.80. The van der Waals surface area contributed by atoms with Crippen molar-refractivity contribution >= 4 is 32.3 Å². The molecule has 0 aliphatic carbocycles. The number of unbranched alkanes of at least 4 members (excludes halogenated alkanes) is 1. The number of carbonyl (C=O) groups is 1. The summed E-state index contributed by atoms with van der Waals surface area (Å²) in [5, 5.41) is 3.47. The van der Waals surface area contributed by atoms with Crippen LogP contribution in [0.15, 0.2) is 42.6 Å². The summed E-state index contributed by atoms with van der Waals surface area (Å²) < 4.78 is 31.3. The van der Waals surface area contributed by atoms with Crippen molar-refractivity contribution in [3.05, 3.63) is 59.5 Å². The van der Waals surface area contributed by atoms with Gasteiger partial charge in [0.05, 0.1) is 15.9 Å². The average molecular weight is 523 g/mol. The quantitative estimate of drug-likeness (QED) is 0.210. The number of carbonyl (C=O) groups excluding carboxylic acids is 1. The van der Waals surface area contributed by atoms with Crippen LogP contribution in [0.3, 0.4) is 0 Å². The van der Waals surface area contributed by atoms with Crippen molar-refractivity contribution < 1.29 is 13.6 Å². The van der Waals surface area contributed by atoms with Gasteiger partial charge in [0, 0.05) is 42.9 Å². The van der Waals surface area contributed by atoms with E-state index in [0.717, 1.165) is 78.2 Å². The number of aromatic nitrogens is 2. The topological polar surface area (TPSA) is 49.6 Å². The molecule has 0 spiro atoms. The Hall–Kier alpha value is -2.68. The monoisotopic (exact) mass is 522 g/mol. The number of hydrogen-bond acceptors (Lipinski definition) is 5. The number of halogens is 2. The minimum Gasteiger partial charge on any atom is -0.310 e. The number of likely N-dealkylation sites (tertiary alicyclic amines) is 1. The average Bonchev–Trinajstić information content (AvgIpc) is 3.64. The lowest BCUT2D eigenvalue weighted by Gasteiger charge is -2.28. The molecule has 6 rings (SSSR count). The molecule has 2 aromatic carbocycles. The number of hydrogen-bond donors (Lipinski definition) is 1. The smallest absolute Gasteiger partial charge is 0.195 e. The Balaban J connectivity index is 1.16. The highest BCUT2D eigenvalue weighted by molar-refractivity contribution is 7.23. The van der Waals surface area contributed by atoms with Crippen molar-refractivity contribution in [3.8, 4) is 11.3 Å². The van der Waals surface area contributed by atoms with Gasteiger partial charge in [-0.3, -0.25) is 9.20 Å². The molecule has 1 atom stereocenters. The van der Waals surface area contributed by atoms with Gasteiger partial charge in [-0.1, -0.05) is 23.5 Å². The standard InChI is InChI=1S/C29H32F2N4OS/c30-20-11-15-34(16-12-20)14-2-1-8-26(36)19-9-10-25-27(17-19)37-29-33-24(18-35(25)29)28-21(5-3-6-22(28)31)23-7-4-13-32-23/h3,5-6,9-10,17-18,20,23,32H,1-2,4,7-8,11-16H2/t23-/m0/s1. The Morgan fingerprint density at radius 2 is 2.00 bits per heavy atom. The summed E-state index contributed by atoms with van der Waals surface area (Å²) in [5.41, 5.74) is 3.88. The zero-order valence-electron chi connectivity index (χ0n) is 20.9. The molecular formula is C29H32F2N4OS. The van der Waals surface area contributed by atoms with E-state index in [4.69, 9.17) is 4.98 Å². The number of benzene rings is 2. The van der Waals surface area contributed by atoms with Gasteiger partial charge in [-0.15, -0.1) is 0 Å². The Morgan fingerprint density at radius 3 is 2.81 bits per heavy atom. The molecule has 5 nitrogen and oxygen atoms in total. The number of nitrogens with one attached hydrogen (secondary N) is 1. The van der Waals surface area contributed by atoms with E-state index in [-0.39, 0.29) is 17.6 Å². The van der Waals surface area contributed by atoms with Crippen LogP contribution in [0.25, 0.3) is 26.4 Å². The zero-order valence-corrected chi connectivity index (χ0v) is 21.7. The molecule has 4 aromatic rings. The van der Waals surface area contributed by atoms with E-state index in [2.05, 4.69) is 10.2 Å². The lowest BCUT2D eigenvalue weighted by Crippen LogP contribution is -2.35. The van der Waals surface area contributed by atoms with Crippen LogP contribution in [0.2, 0.25) is 0 Å². The zero-order chi connectivity index (χ0) is 25.4. The summed E-state index contributed by atoms with van der Waals surface area (Å²) in [6.07, 6.45) is 6.92. The normalized spacial score (nSPS) is 19.4. The third kappa shape index (κ3) is 5.07. The molecule has 2 aliphatic rings. The Kier molecular flexibility index (Phi) is 7.06. The molecule has 2 aromatic heterocycles. The highest BCUT2D eigenvalue weighted by atomic mass is 32.1. The van der Waals surface area contributed by atoms with E-state index in [0.29, 0.717) is 30.5 Å². The lowest BCUT2D eigenvalue weighted by molar-refractivity contribution is 0.0976. The third-order valence-corrected chi connectivity index (χ3v) is 8.82. The molecule has 0 saturated carbocycles. The van der Waals surface area contributed by atoms with Crippen LogP contribution >= 0.6 is 11.3 Å². The largest absolute Gasteiger partial charge is 0.310 e. The van der Waals surface area contributed by atoms with Gasteiger partial charge >= 0.3 is 0 Å². The van der Waals surface area contributed by atoms with Gasteiger partial charge in [0.2, 0.25) is 0 Å². The van der Waals surface area contributed by atoms with Crippen molar-refractivity contribution in [2.75, 3.05) is 26.2 Å². The molecule has 8 heteroatoms. The highest BCUT2D eigenvalue weighted by Gasteiger charge is 2.24. The van der Waals surface area contributed by atoms with Crippen LogP contribution in [0.5, 0.6) is 0 Å². The second-order valence-corrected chi connectivity index (χ2v) is 11.3. The number of Topliss-reactive ketones (excluding diaryl/α,β-unsaturated/α-hetero) is 1. The van der Waals surface area contributed by atoms with E-state index in [1.165, 1.54) is 17.4 Å². The maximum atomic E-state index is 15.0. The molecule has 2 aliphatic heterocycles. The number of thiazole rings is 1. The van der Waals surface area contributed by atoms with Crippen LogP contribution < -0.4 is 5.32 Å². The highest BCUT2D eigenvalue weighted by Crippen LogP contribution is 2.36. The van der Waals surface area contributed by atoms with Gasteiger partial charge < -0.3 is 10.2 Å². The number of rotatable bonds is 8. The molecule has 2 fully saturated rings. The first-order chi connectivity index (χ1) is 18.1. The van der Waals surface area contributed by atoms with Crippen molar-refractivity contribution in [1.29, 1.82) is 0 Å². The summed E-state index contributed by atoms with van der Waals surface area (Å²) in [7, 11) is 0. The minimum absolute atomic E-state index is 0.149. The molecule has 4 heterocycles. The first-order valence-electron chi connectivity index (χ1n) is 13.4. The molecule has 0 unspecified atom stereocenters. The molecular weight excluding hydrogens is 490 g/mol. The van der Waals surface area contributed by atoms with E-state index >= 15 is 0 Å². The summed E-state index contributed by atoms with van der Waals surface area (Å²) >= 11 is 1.52. The van der Waals surface area contributed by atoms with Gasteiger partial charge in [-0.05, 0) is 81.4 Å². The predicted octanol–water partition coefficient (Wildman–Crippen LogP) is 6.57. The fraction of sp³-hybridized carbons (Fsp3) is 0.448. The fourth-order valence-electron chi connectivity index (χ4n) is 5.74. The first-order valence-corrected chi connectivity index (χ1v) is 14.2. The first kappa shape index (κ1) is 24.6. The molecule has 194 valence electrons. The van der Waals surface area contributed by atoms with Crippen LogP contribution in [0, 0.1) is 5.82 Å². The maximum Gasteiger partial charge on any atom is 0.195 e. The predicted molar refractivity (Wildman–Crippen MR) is 145 cm³/mol. The van der Waals surface area contributed by atoms with Crippen LogP contribution in [0.1, 0.15) is 66.9 Å². The SMILES string of the molecule is O=C(CCCCN1CCC(F)CC1)c1ccc2c(c1)sc1nc(-c3c(F)cccc3[C@@H]3CCCN3)cn12. The molecule has 0 amide bonds. The van der Waals surface area contributed by atoms with Gasteiger partial charge in [-0.25, -0.2) is 13.8 Å².